The van der Waals surface area contributed by atoms with E-state index in [0.717, 1.165) is 19.3 Å². The fraction of sp³-hybridized carbons (Fsp3) is 0.556. The van der Waals surface area contributed by atoms with Crippen LogP contribution in [0.3, 0.4) is 0 Å². The Morgan fingerprint density at radius 3 is 2.57 bits per heavy atom. The molecule has 1 aromatic rings. The summed E-state index contributed by atoms with van der Waals surface area (Å²) in [6, 6.07) is 6.05. The monoisotopic (exact) mass is 320 g/mol. The zero-order valence-corrected chi connectivity index (χ0v) is 13.8. The molecular formula is C18H24O5. The molecule has 0 aliphatic heterocycles. The molecule has 5 nitrogen and oxygen atoms in total. The maximum absolute atomic E-state index is 12.1. The van der Waals surface area contributed by atoms with Crippen molar-refractivity contribution in [2.24, 2.45) is 17.8 Å². The minimum Gasteiger partial charge on any atom is -0.478 e. The smallest absolute Gasteiger partial charge is 0.478 e. The molecule has 1 saturated carbocycles. The van der Waals surface area contributed by atoms with Gasteiger partial charge in [0.25, 0.3) is 0 Å². The van der Waals surface area contributed by atoms with Gasteiger partial charge < -0.3 is 14.6 Å². The van der Waals surface area contributed by atoms with E-state index in [1.165, 1.54) is 12.1 Å². The molecule has 23 heavy (non-hydrogen) atoms. The Morgan fingerprint density at radius 2 is 1.91 bits per heavy atom. The minimum absolute atomic E-state index is 0.00922. The van der Waals surface area contributed by atoms with Crippen LogP contribution in [0, 0.1) is 17.8 Å². The predicted octanol–water partition coefficient (Wildman–Crippen LogP) is 4.36. The van der Waals surface area contributed by atoms with Gasteiger partial charge in [0.15, 0.2) is 0 Å². The van der Waals surface area contributed by atoms with E-state index in [2.05, 4.69) is 20.8 Å². The molecule has 3 atom stereocenters. The van der Waals surface area contributed by atoms with Crippen LogP contribution < -0.4 is 4.74 Å². The standard InChI is InChI=1S/C18H24O5/c1-11(2)13-9-8-12(3)10-16(13)23-18(21)22-15-7-5-4-6-14(15)17(19)20/h4-7,11-13,16H,8-10H2,1-3H3,(H,19,20). The second-order valence-electron chi connectivity index (χ2n) is 6.64. The van der Waals surface area contributed by atoms with Gasteiger partial charge in [-0.05, 0) is 42.7 Å². The molecule has 0 saturated heterocycles. The molecule has 5 heteroatoms. The zero-order chi connectivity index (χ0) is 17.0. The minimum atomic E-state index is -1.14. The van der Waals surface area contributed by atoms with Crippen molar-refractivity contribution in [3.63, 3.8) is 0 Å². The lowest BCUT2D eigenvalue weighted by Crippen LogP contribution is -2.36. The van der Waals surface area contributed by atoms with Crippen LogP contribution in [0.5, 0.6) is 5.75 Å². The number of hydrogen-bond donors (Lipinski definition) is 1. The summed E-state index contributed by atoms with van der Waals surface area (Å²) in [4.78, 5) is 23.2. The molecule has 1 aliphatic rings. The fourth-order valence-electron chi connectivity index (χ4n) is 3.22. The van der Waals surface area contributed by atoms with E-state index in [4.69, 9.17) is 14.6 Å². The molecule has 2 rings (SSSR count). The molecule has 0 heterocycles. The fourth-order valence-corrected chi connectivity index (χ4v) is 3.22. The van der Waals surface area contributed by atoms with Crippen molar-refractivity contribution in [2.75, 3.05) is 0 Å². The van der Waals surface area contributed by atoms with Crippen LogP contribution in [0.15, 0.2) is 24.3 Å². The Labute approximate surface area is 136 Å². The summed E-state index contributed by atoms with van der Waals surface area (Å²) in [5.41, 5.74) is -0.0538. The lowest BCUT2D eigenvalue weighted by Gasteiger charge is -2.36. The van der Waals surface area contributed by atoms with Gasteiger partial charge in [0, 0.05) is 0 Å². The number of carbonyl (C=O) groups is 2. The van der Waals surface area contributed by atoms with Crippen molar-refractivity contribution in [2.45, 2.75) is 46.1 Å². The summed E-state index contributed by atoms with van der Waals surface area (Å²) in [6.07, 6.45) is 1.98. The third-order valence-electron chi connectivity index (χ3n) is 4.52. The third-order valence-corrected chi connectivity index (χ3v) is 4.52. The molecule has 0 radical (unpaired) electrons. The molecule has 1 N–H and O–H groups in total. The van der Waals surface area contributed by atoms with Gasteiger partial charge in [-0.1, -0.05) is 39.3 Å². The van der Waals surface area contributed by atoms with Crippen molar-refractivity contribution in [3.05, 3.63) is 29.8 Å². The van der Waals surface area contributed by atoms with Gasteiger partial charge in [0.1, 0.15) is 17.4 Å². The van der Waals surface area contributed by atoms with Crippen molar-refractivity contribution < 1.29 is 24.2 Å². The van der Waals surface area contributed by atoms with E-state index in [1.54, 1.807) is 12.1 Å². The molecule has 1 fully saturated rings. The molecule has 1 aromatic carbocycles. The highest BCUT2D eigenvalue weighted by atomic mass is 16.7. The number of rotatable bonds is 4. The third kappa shape index (κ3) is 4.47. The first kappa shape index (κ1) is 17.3. The zero-order valence-electron chi connectivity index (χ0n) is 13.8. The lowest BCUT2D eigenvalue weighted by atomic mass is 9.75. The van der Waals surface area contributed by atoms with E-state index in [1.807, 2.05) is 0 Å². The van der Waals surface area contributed by atoms with E-state index in [-0.39, 0.29) is 17.4 Å². The number of carboxylic acids is 1. The van der Waals surface area contributed by atoms with Crippen molar-refractivity contribution in [3.8, 4) is 5.75 Å². The number of para-hydroxylation sites is 1. The molecule has 0 aromatic heterocycles. The van der Waals surface area contributed by atoms with Crippen LogP contribution in [-0.4, -0.2) is 23.3 Å². The van der Waals surface area contributed by atoms with Gasteiger partial charge in [-0.3, -0.25) is 0 Å². The Bertz CT molecular complexity index is 566. The topological polar surface area (TPSA) is 72.8 Å². The highest BCUT2D eigenvalue weighted by Crippen LogP contribution is 2.35. The van der Waals surface area contributed by atoms with Crippen LogP contribution in [0.4, 0.5) is 4.79 Å². The van der Waals surface area contributed by atoms with Gasteiger partial charge >= 0.3 is 12.1 Å². The second kappa shape index (κ2) is 7.49. The number of benzene rings is 1. The number of carboxylic acid groups (broad SMARTS) is 1. The summed E-state index contributed by atoms with van der Waals surface area (Å²) in [6.45, 7) is 6.40. The van der Waals surface area contributed by atoms with Crippen LogP contribution in [0.2, 0.25) is 0 Å². The van der Waals surface area contributed by atoms with Crippen molar-refractivity contribution in [1.82, 2.24) is 0 Å². The van der Waals surface area contributed by atoms with Crippen LogP contribution >= 0.6 is 0 Å². The molecule has 0 spiro atoms. The van der Waals surface area contributed by atoms with Crippen LogP contribution in [0.25, 0.3) is 0 Å². The van der Waals surface area contributed by atoms with E-state index in [9.17, 15) is 9.59 Å². The highest BCUT2D eigenvalue weighted by molar-refractivity contribution is 5.91. The first-order valence-corrected chi connectivity index (χ1v) is 8.09. The Morgan fingerprint density at radius 1 is 1.22 bits per heavy atom. The summed E-state index contributed by atoms with van der Waals surface area (Å²) in [7, 11) is 0. The van der Waals surface area contributed by atoms with Crippen LogP contribution in [-0.2, 0) is 4.74 Å². The average Bonchev–Trinajstić information content (AvgIpc) is 2.47. The first-order chi connectivity index (χ1) is 10.9. The van der Waals surface area contributed by atoms with E-state index < -0.39 is 12.1 Å². The van der Waals surface area contributed by atoms with Gasteiger partial charge in [0.2, 0.25) is 0 Å². The van der Waals surface area contributed by atoms with Crippen molar-refractivity contribution in [1.29, 1.82) is 0 Å². The Balaban J connectivity index is 2.05. The van der Waals surface area contributed by atoms with Gasteiger partial charge in [-0.25, -0.2) is 9.59 Å². The first-order valence-electron chi connectivity index (χ1n) is 8.09. The Kier molecular flexibility index (Phi) is 5.64. The normalized spacial score (nSPS) is 24.3. The number of ether oxygens (including phenoxy) is 2. The lowest BCUT2D eigenvalue weighted by molar-refractivity contribution is -0.0137. The van der Waals surface area contributed by atoms with Crippen molar-refractivity contribution >= 4 is 12.1 Å². The van der Waals surface area contributed by atoms with Gasteiger partial charge in [-0.2, -0.15) is 0 Å². The summed E-state index contributed by atoms with van der Waals surface area (Å²) >= 11 is 0. The molecule has 3 unspecified atom stereocenters. The summed E-state index contributed by atoms with van der Waals surface area (Å²) < 4.78 is 10.7. The maximum Gasteiger partial charge on any atom is 0.514 e. The second-order valence-corrected chi connectivity index (χ2v) is 6.64. The number of carbonyl (C=O) groups excluding carboxylic acids is 1. The highest BCUT2D eigenvalue weighted by Gasteiger charge is 2.34. The predicted molar refractivity (Wildman–Crippen MR) is 85.6 cm³/mol. The molecule has 0 amide bonds. The quantitative estimate of drug-likeness (QED) is 0.659. The molecule has 0 bridgehead atoms. The van der Waals surface area contributed by atoms with Gasteiger partial charge in [-0.15, -0.1) is 0 Å². The SMILES string of the molecule is CC1CCC(C(C)C)C(OC(=O)Oc2ccccc2C(=O)O)C1. The molecule has 1 aliphatic carbocycles. The molecular weight excluding hydrogens is 296 g/mol. The van der Waals surface area contributed by atoms with Crippen LogP contribution in [0.1, 0.15) is 50.4 Å². The van der Waals surface area contributed by atoms with E-state index >= 15 is 0 Å². The van der Waals surface area contributed by atoms with E-state index in [0.29, 0.717) is 17.8 Å². The molecule has 126 valence electrons. The Hall–Kier alpha value is -2.04. The average molecular weight is 320 g/mol. The summed E-state index contributed by atoms with van der Waals surface area (Å²) in [5.74, 6) is 0.115. The number of hydrogen-bond acceptors (Lipinski definition) is 4. The van der Waals surface area contributed by atoms with Gasteiger partial charge in [0.05, 0.1) is 0 Å². The summed E-state index contributed by atoms with van der Waals surface area (Å²) in [5, 5.41) is 9.12. The maximum atomic E-state index is 12.1. The number of aromatic carboxylic acids is 1. The largest absolute Gasteiger partial charge is 0.514 e.